The zero-order valence-electron chi connectivity index (χ0n) is 12.4. The third-order valence-corrected chi connectivity index (χ3v) is 4.78. The van der Waals surface area contributed by atoms with Crippen LogP contribution in [0.15, 0.2) is 22.7 Å². The third-order valence-electron chi connectivity index (χ3n) is 4.11. The van der Waals surface area contributed by atoms with Crippen LogP contribution in [0, 0.1) is 12.8 Å². The average Bonchev–Trinajstić information content (AvgIpc) is 2.40. The number of hydrogen-bond donors (Lipinski definition) is 1. The maximum absolute atomic E-state index is 3.72. The largest absolute Gasteiger partial charge is 0.365 e. The zero-order valence-corrected chi connectivity index (χ0v) is 14.0. The van der Waals surface area contributed by atoms with Gasteiger partial charge in [-0.2, -0.15) is 0 Å². The average molecular weight is 325 g/mol. The zero-order chi connectivity index (χ0) is 14.0. The van der Waals surface area contributed by atoms with Crippen molar-refractivity contribution in [1.82, 2.24) is 5.32 Å². The van der Waals surface area contributed by atoms with Gasteiger partial charge in [-0.05, 0) is 52.9 Å². The summed E-state index contributed by atoms with van der Waals surface area (Å²) in [5.74, 6) is 0.651. The Morgan fingerprint density at radius 2 is 2.16 bits per heavy atom. The van der Waals surface area contributed by atoms with Gasteiger partial charge in [0.15, 0.2) is 0 Å². The summed E-state index contributed by atoms with van der Waals surface area (Å²) in [4.78, 5) is 2.59. The number of aryl methyl sites for hydroxylation is 1. The molecule has 1 heterocycles. The predicted octanol–water partition coefficient (Wildman–Crippen LogP) is 3.97. The second kappa shape index (κ2) is 6.27. The standard InChI is InChI=1S/C16H25BrN2/c1-5-13-10-19(16(9-18-13)11(2)3)15-8-12(4)6-7-14(15)17/h6-8,11,13,16,18H,5,9-10H2,1-4H3. The van der Waals surface area contributed by atoms with Gasteiger partial charge in [0, 0.05) is 29.6 Å². The molecule has 1 fully saturated rings. The lowest BCUT2D eigenvalue weighted by molar-refractivity contribution is 0.333. The van der Waals surface area contributed by atoms with E-state index >= 15 is 0 Å². The molecule has 0 radical (unpaired) electrons. The minimum absolute atomic E-state index is 0.570. The summed E-state index contributed by atoms with van der Waals surface area (Å²) in [7, 11) is 0. The van der Waals surface area contributed by atoms with Crippen molar-refractivity contribution < 1.29 is 0 Å². The number of anilines is 1. The molecule has 1 aromatic rings. The molecule has 1 aliphatic rings. The van der Waals surface area contributed by atoms with Gasteiger partial charge in [-0.1, -0.05) is 26.8 Å². The molecule has 1 N–H and O–H groups in total. The Bertz CT molecular complexity index is 431. The van der Waals surface area contributed by atoms with Crippen molar-refractivity contribution in [2.24, 2.45) is 5.92 Å². The number of piperazine rings is 1. The number of nitrogens with one attached hydrogen (secondary N) is 1. The summed E-state index contributed by atoms with van der Waals surface area (Å²) >= 11 is 3.72. The summed E-state index contributed by atoms with van der Waals surface area (Å²) in [6.07, 6.45) is 1.19. The van der Waals surface area contributed by atoms with E-state index in [-0.39, 0.29) is 0 Å². The molecule has 0 saturated carbocycles. The van der Waals surface area contributed by atoms with Gasteiger partial charge in [-0.25, -0.2) is 0 Å². The molecule has 19 heavy (non-hydrogen) atoms. The lowest BCUT2D eigenvalue weighted by Crippen LogP contribution is -2.58. The number of rotatable bonds is 3. The normalized spacial score (nSPS) is 24.0. The lowest BCUT2D eigenvalue weighted by Gasteiger charge is -2.44. The van der Waals surface area contributed by atoms with Crippen molar-refractivity contribution >= 4 is 21.6 Å². The van der Waals surface area contributed by atoms with E-state index in [1.807, 2.05) is 0 Å². The van der Waals surface area contributed by atoms with Gasteiger partial charge < -0.3 is 10.2 Å². The highest BCUT2D eigenvalue weighted by Gasteiger charge is 2.30. The van der Waals surface area contributed by atoms with Crippen LogP contribution in [0.5, 0.6) is 0 Å². The monoisotopic (exact) mass is 324 g/mol. The van der Waals surface area contributed by atoms with Crippen molar-refractivity contribution in [3.05, 3.63) is 28.2 Å². The molecule has 2 unspecified atom stereocenters. The second-order valence-corrected chi connectivity index (χ2v) is 6.79. The molecule has 3 heteroatoms. The Hall–Kier alpha value is -0.540. The fraction of sp³-hybridized carbons (Fsp3) is 0.625. The van der Waals surface area contributed by atoms with E-state index < -0.39 is 0 Å². The Kier molecular flexibility index (Phi) is 4.91. The van der Waals surface area contributed by atoms with Crippen LogP contribution in [0.2, 0.25) is 0 Å². The van der Waals surface area contributed by atoms with Crippen molar-refractivity contribution in [3.8, 4) is 0 Å². The molecule has 0 bridgehead atoms. The highest BCUT2D eigenvalue weighted by Crippen LogP contribution is 2.32. The second-order valence-electron chi connectivity index (χ2n) is 5.93. The van der Waals surface area contributed by atoms with E-state index in [2.05, 4.69) is 72.0 Å². The van der Waals surface area contributed by atoms with E-state index in [1.54, 1.807) is 0 Å². The highest BCUT2D eigenvalue weighted by molar-refractivity contribution is 9.10. The molecule has 2 atom stereocenters. The minimum atomic E-state index is 0.570. The first-order valence-electron chi connectivity index (χ1n) is 7.29. The van der Waals surface area contributed by atoms with Gasteiger partial charge in [0.25, 0.3) is 0 Å². The summed E-state index contributed by atoms with van der Waals surface area (Å²) < 4.78 is 1.21. The Morgan fingerprint density at radius 1 is 1.42 bits per heavy atom. The predicted molar refractivity (Wildman–Crippen MR) is 86.9 cm³/mol. The highest BCUT2D eigenvalue weighted by atomic mass is 79.9. The minimum Gasteiger partial charge on any atom is -0.365 e. The van der Waals surface area contributed by atoms with Crippen LogP contribution in [0.25, 0.3) is 0 Å². The molecule has 1 saturated heterocycles. The summed E-state index contributed by atoms with van der Waals surface area (Å²) in [6.45, 7) is 11.2. The van der Waals surface area contributed by atoms with Gasteiger partial charge in [0.2, 0.25) is 0 Å². The molecule has 1 aromatic carbocycles. The molecule has 2 nitrogen and oxygen atoms in total. The van der Waals surface area contributed by atoms with Gasteiger partial charge in [0.1, 0.15) is 0 Å². The van der Waals surface area contributed by atoms with E-state index in [0.717, 1.165) is 13.1 Å². The van der Waals surface area contributed by atoms with Crippen LogP contribution < -0.4 is 10.2 Å². The van der Waals surface area contributed by atoms with Crippen LogP contribution >= 0.6 is 15.9 Å². The van der Waals surface area contributed by atoms with Crippen LogP contribution in [0.1, 0.15) is 32.8 Å². The molecular weight excluding hydrogens is 300 g/mol. The lowest BCUT2D eigenvalue weighted by atomic mass is 9.96. The van der Waals surface area contributed by atoms with Crippen molar-refractivity contribution in [2.45, 2.75) is 46.2 Å². The number of nitrogens with zero attached hydrogens (tertiary/aromatic N) is 1. The fourth-order valence-corrected chi connectivity index (χ4v) is 3.30. The summed E-state index contributed by atoms with van der Waals surface area (Å²) in [6, 6.07) is 7.81. The molecular formula is C16H25BrN2. The Morgan fingerprint density at radius 3 is 2.79 bits per heavy atom. The number of hydrogen-bond acceptors (Lipinski definition) is 2. The first-order valence-corrected chi connectivity index (χ1v) is 8.08. The number of halogens is 1. The third kappa shape index (κ3) is 3.32. The van der Waals surface area contributed by atoms with E-state index in [9.17, 15) is 0 Å². The maximum atomic E-state index is 3.72. The molecule has 0 spiro atoms. The first kappa shape index (κ1) is 14.9. The van der Waals surface area contributed by atoms with Gasteiger partial charge in [0.05, 0.1) is 5.69 Å². The molecule has 0 aromatic heterocycles. The molecule has 2 rings (SSSR count). The quantitative estimate of drug-likeness (QED) is 0.905. The van der Waals surface area contributed by atoms with Crippen LogP contribution in [-0.2, 0) is 0 Å². The molecule has 0 aliphatic carbocycles. The number of benzene rings is 1. The Balaban J connectivity index is 2.33. The van der Waals surface area contributed by atoms with Crippen molar-refractivity contribution in [3.63, 3.8) is 0 Å². The topological polar surface area (TPSA) is 15.3 Å². The van der Waals surface area contributed by atoms with Crippen molar-refractivity contribution in [1.29, 1.82) is 0 Å². The van der Waals surface area contributed by atoms with E-state index in [0.29, 0.717) is 18.0 Å². The SMILES string of the molecule is CCC1CN(c2cc(C)ccc2Br)C(C(C)C)CN1. The Labute approximate surface area is 125 Å². The molecule has 1 aliphatic heterocycles. The van der Waals surface area contributed by atoms with Crippen molar-refractivity contribution in [2.75, 3.05) is 18.0 Å². The summed E-state index contributed by atoms with van der Waals surface area (Å²) in [5, 5.41) is 3.68. The smallest absolute Gasteiger partial charge is 0.0516 e. The van der Waals surface area contributed by atoms with Crippen LogP contribution in [0.3, 0.4) is 0 Å². The molecule has 0 amide bonds. The fourth-order valence-electron chi connectivity index (χ4n) is 2.82. The van der Waals surface area contributed by atoms with E-state index in [4.69, 9.17) is 0 Å². The molecule has 106 valence electrons. The maximum Gasteiger partial charge on any atom is 0.0516 e. The van der Waals surface area contributed by atoms with Gasteiger partial charge in [-0.15, -0.1) is 0 Å². The first-order chi connectivity index (χ1) is 9.02. The van der Waals surface area contributed by atoms with Crippen LogP contribution in [0.4, 0.5) is 5.69 Å². The van der Waals surface area contributed by atoms with Gasteiger partial charge in [-0.3, -0.25) is 0 Å². The van der Waals surface area contributed by atoms with Gasteiger partial charge >= 0.3 is 0 Å². The summed E-state index contributed by atoms with van der Waals surface area (Å²) in [5.41, 5.74) is 2.67. The van der Waals surface area contributed by atoms with E-state index in [1.165, 1.54) is 22.1 Å². The van der Waals surface area contributed by atoms with Crippen LogP contribution in [-0.4, -0.2) is 25.2 Å².